The minimum Gasteiger partial charge on any atom is -0.274 e. The zero-order chi connectivity index (χ0) is 10.8. The lowest BCUT2D eigenvalue weighted by Gasteiger charge is -2.15. The highest BCUT2D eigenvalue weighted by molar-refractivity contribution is 9.09. The third-order valence-electron chi connectivity index (χ3n) is 3.14. The molecule has 0 spiro atoms. The standard InChI is InChI=1S/C11H14BrNO2/c12-7-13-10(14)6-9(11(13)15)8-4-2-1-3-5-8/h1-7H2. The van der Waals surface area contributed by atoms with Gasteiger partial charge in [-0.15, -0.1) is 0 Å². The van der Waals surface area contributed by atoms with Crippen molar-refractivity contribution in [1.29, 1.82) is 0 Å². The summed E-state index contributed by atoms with van der Waals surface area (Å²) in [7, 11) is 0. The number of allylic oxidation sites excluding steroid dienone is 1. The number of hydrogen-bond donors (Lipinski definition) is 0. The van der Waals surface area contributed by atoms with Crippen molar-refractivity contribution < 1.29 is 9.59 Å². The van der Waals surface area contributed by atoms with E-state index in [2.05, 4.69) is 15.9 Å². The monoisotopic (exact) mass is 271 g/mol. The van der Waals surface area contributed by atoms with Gasteiger partial charge in [-0.3, -0.25) is 14.5 Å². The van der Waals surface area contributed by atoms with Crippen LogP contribution in [0, 0.1) is 0 Å². The molecule has 82 valence electrons. The summed E-state index contributed by atoms with van der Waals surface area (Å²) >= 11 is 3.17. The van der Waals surface area contributed by atoms with Gasteiger partial charge >= 0.3 is 0 Å². The first-order chi connectivity index (χ1) is 7.24. The summed E-state index contributed by atoms with van der Waals surface area (Å²) in [5.41, 5.74) is 2.32. The fraction of sp³-hybridized carbons (Fsp3) is 0.636. The highest BCUT2D eigenvalue weighted by Gasteiger charge is 2.34. The summed E-state index contributed by atoms with van der Waals surface area (Å²) in [4.78, 5) is 24.7. The quantitative estimate of drug-likeness (QED) is 0.318. The van der Waals surface area contributed by atoms with Gasteiger partial charge in [0.05, 0.1) is 11.9 Å². The van der Waals surface area contributed by atoms with E-state index in [4.69, 9.17) is 0 Å². The van der Waals surface area contributed by atoms with Crippen LogP contribution in [0.5, 0.6) is 0 Å². The van der Waals surface area contributed by atoms with Crippen molar-refractivity contribution in [3.8, 4) is 0 Å². The number of imide groups is 1. The first-order valence-corrected chi connectivity index (χ1v) is 6.47. The predicted octanol–water partition coefficient (Wildman–Crippen LogP) is 2.36. The summed E-state index contributed by atoms with van der Waals surface area (Å²) in [5, 5.41) is 0. The number of halogens is 1. The van der Waals surface area contributed by atoms with Gasteiger partial charge in [0, 0.05) is 5.57 Å². The third kappa shape index (κ3) is 2.00. The van der Waals surface area contributed by atoms with E-state index in [0.29, 0.717) is 11.9 Å². The van der Waals surface area contributed by atoms with Crippen molar-refractivity contribution in [2.24, 2.45) is 0 Å². The molecule has 3 nitrogen and oxygen atoms in total. The Morgan fingerprint density at radius 3 is 2.33 bits per heavy atom. The van der Waals surface area contributed by atoms with Crippen LogP contribution in [-0.2, 0) is 9.59 Å². The Balaban J connectivity index is 2.23. The summed E-state index contributed by atoms with van der Waals surface area (Å²) in [6, 6.07) is 0. The Bertz CT molecular complexity index is 327. The van der Waals surface area contributed by atoms with Crippen molar-refractivity contribution in [3.63, 3.8) is 0 Å². The van der Waals surface area contributed by atoms with Crippen molar-refractivity contribution in [2.75, 3.05) is 5.45 Å². The maximum Gasteiger partial charge on any atom is 0.257 e. The average Bonchev–Trinajstić information content (AvgIpc) is 2.55. The van der Waals surface area contributed by atoms with Gasteiger partial charge in [-0.2, -0.15) is 0 Å². The molecule has 1 heterocycles. The molecule has 4 heteroatoms. The van der Waals surface area contributed by atoms with Crippen molar-refractivity contribution in [2.45, 2.75) is 38.5 Å². The molecule has 15 heavy (non-hydrogen) atoms. The molecule has 0 N–H and O–H groups in total. The number of rotatable bonds is 1. The number of carbonyl (C=O) groups excluding carboxylic acids is 2. The Morgan fingerprint density at radius 2 is 1.80 bits per heavy atom. The van der Waals surface area contributed by atoms with Gasteiger partial charge in [-0.05, 0) is 25.7 Å². The van der Waals surface area contributed by atoms with E-state index in [1.54, 1.807) is 0 Å². The Kier molecular flexibility index (Phi) is 3.24. The second-order valence-corrected chi connectivity index (χ2v) is 4.57. The van der Waals surface area contributed by atoms with Crippen LogP contribution in [0.25, 0.3) is 0 Å². The molecule has 1 aliphatic heterocycles. The summed E-state index contributed by atoms with van der Waals surface area (Å²) in [5.74, 6) is -0.140. The van der Waals surface area contributed by atoms with Gasteiger partial charge in [0.1, 0.15) is 0 Å². The van der Waals surface area contributed by atoms with E-state index >= 15 is 0 Å². The lowest BCUT2D eigenvalue weighted by Crippen LogP contribution is -2.27. The minimum atomic E-state index is -0.0752. The van der Waals surface area contributed by atoms with Crippen LogP contribution in [-0.4, -0.2) is 22.2 Å². The predicted molar refractivity (Wildman–Crippen MR) is 60.4 cm³/mol. The summed E-state index contributed by atoms with van der Waals surface area (Å²) in [6.45, 7) is 0. The van der Waals surface area contributed by atoms with Crippen LogP contribution >= 0.6 is 15.9 Å². The molecule has 1 aliphatic carbocycles. The van der Waals surface area contributed by atoms with Crippen LogP contribution in [0.4, 0.5) is 0 Å². The lowest BCUT2D eigenvalue weighted by atomic mass is 9.90. The van der Waals surface area contributed by atoms with Crippen LogP contribution in [0.15, 0.2) is 11.1 Å². The third-order valence-corrected chi connectivity index (χ3v) is 3.64. The number of likely N-dealkylation sites (tertiary alicyclic amines) is 1. The Morgan fingerprint density at radius 1 is 1.13 bits per heavy atom. The maximum absolute atomic E-state index is 11.9. The van der Waals surface area contributed by atoms with Gasteiger partial charge in [0.2, 0.25) is 5.91 Å². The SMILES string of the molecule is O=C1CC(=C2CCCCC2)C(=O)N1CBr. The van der Waals surface area contributed by atoms with E-state index in [-0.39, 0.29) is 11.8 Å². The van der Waals surface area contributed by atoms with Crippen molar-refractivity contribution >= 4 is 27.7 Å². The van der Waals surface area contributed by atoms with E-state index in [0.717, 1.165) is 31.3 Å². The van der Waals surface area contributed by atoms with Gasteiger partial charge in [0.15, 0.2) is 0 Å². The molecule has 0 atom stereocenters. The fourth-order valence-corrected chi connectivity index (χ4v) is 2.78. The van der Waals surface area contributed by atoms with Crippen LogP contribution in [0.1, 0.15) is 38.5 Å². The lowest BCUT2D eigenvalue weighted by molar-refractivity contribution is -0.136. The smallest absolute Gasteiger partial charge is 0.257 e. The molecule has 2 rings (SSSR count). The second-order valence-electron chi connectivity index (χ2n) is 4.07. The summed E-state index contributed by atoms with van der Waals surface area (Å²) in [6.07, 6.45) is 5.90. The molecule has 0 radical (unpaired) electrons. The molecule has 0 unspecified atom stereocenters. The molecular formula is C11H14BrNO2. The normalized spacial score (nSPS) is 22.9. The zero-order valence-electron chi connectivity index (χ0n) is 8.59. The molecule has 2 amide bonds. The van der Waals surface area contributed by atoms with Crippen molar-refractivity contribution in [3.05, 3.63) is 11.1 Å². The molecule has 2 aliphatic rings. The van der Waals surface area contributed by atoms with Crippen LogP contribution < -0.4 is 0 Å². The maximum atomic E-state index is 11.9. The Hall–Kier alpha value is -0.640. The van der Waals surface area contributed by atoms with E-state index in [1.165, 1.54) is 16.9 Å². The number of hydrogen-bond acceptors (Lipinski definition) is 2. The van der Waals surface area contributed by atoms with Crippen molar-refractivity contribution in [1.82, 2.24) is 4.90 Å². The molecule has 0 aromatic rings. The topological polar surface area (TPSA) is 37.4 Å². The molecule has 0 aromatic heterocycles. The minimum absolute atomic E-state index is 0.0649. The summed E-state index contributed by atoms with van der Waals surface area (Å²) < 4.78 is 0. The van der Waals surface area contributed by atoms with E-state index < -0.39 is 0 Å². The average molecular weight is 272 g/mol. The molecule has 2 fully saturated rings. The first-order valence-electron chi connectivity index (χ1n) is 5.35. The number of alkyl halides is 1. The number of carbonyl (C=O) groups is 2. The van der Waals surface area contributed by atoms with E-state index in [9.17, 15) is 9.59 Å². The van der Waals surface area contributed by atoms with Gasteiger partial charge in [-0.1, -0.05) is 27.9 Å². The van der Waals surface area contributed by atoms with Gasteiger partial charge in [0.25, 0.3) is 5.91 Å². The largest absolute Gasteiger partial charge is 0.274 e. The zero-order valence-corrected chi connectivity index (χ0v) is 10.2. The number of amides is 2. The molecule has 0 aromatic carbocycles. The molecule has 0 bridgehead atoms. The molecule has 1 saturated carbocycles. The second kappa shape index (κ2) is 4.47. The van der Waals surface area contributed by atoms with Gasteiger partial charge < -0.3 is 0 Å². The van der Waals surface area contributed by atoms with Crippen LogP contribution in [0.3, 0.4) is 0 Å². The van der Waals surface area contributed by atoms with E-state index in [1.807, 2.05) is 0 Å². The molecule has 1 saturated heterocycles. The molecular weight excluding hydrogens is 258 g/mol. The first kappa shape index (κ1) is 10.9. The highest BCUT2D eigenvalue weighted by atomic mass is 79.9. The number of nitrogens with zero attached hydrogens (tertiary/aromatic N) is 1. The Labute approximate surface area is 97.6 Å². The van der Waals surface area contributed by atoms with Crippen LogP contribution in [0.2, 0.25) is 0 Å². The highest BCUT2D eigenvalue weighted by Crippen LogP contribution is 2.31. The van der Waals surface area contributed by atoms with Gasteiger partial charge in [-0.25, -0.2) is 0 Å². The fourth-order valence-electron chi connectivity index (χ4n) is 2.28.